The third-order valence-electron chi connectivity index (χ3n) is 4.15. The molecule has 0 aliphatic heterocycles. The van der Waals surface area contributed by atoms with Crippen molar-refractivity contribution in [1.82, 2.24) is 0 Å². The fourth-order valence-corrected chi connectivity index (χ4v) is 2.91. The molecule has 1 aliphatic rings. The zero-order chi connectivity index (χ0) is 15.6. The van der Waals surface area contributed by atoms with Crippen molar-refractivity contribution in [2.75, 3.05) is 11.9 Å². The maximum absolute atomic E-state index is 11.4. The van der Waals surface area contributed by atoms with Gasteiger partial charge in [-0.1, -0.05) is 12.8 Å². The lowest BCUT2D eigenvalue weighted by Crippen LogP contribution is -2.43. The lowest BCUT2D eigenvalue weighted by molar-refractivity contribution is -0.384. The van der Waals surface area contributed by atoms with Gasteiger partial charge in [0.2, 0.25) is 0 Å². The number of hydrogen-bond donors (Lipinski definition) is 1. The fourth-order valence-electron chi connectivity index (χ4n) is 2.91. The molecule has 1 N–H and O–H groups in total. The van der Waals surface area contributed by atoms with Gasteiger partial charge in [0.15, 0.2) is 5.78 Å². The molecule has 0 bridgehead atoms. The van der Waals surface area contributed by atoms with Gasteiger partial charge >= 0.3 is 0 Å². The molecule has 0 saturated heterocycles. The topological polar surface area (TPSA) is 83.7 Å². The van der Waals surface area contributed by atoms with Gasteiger partial charge in [-0.05, 0) is 31.9 Å². The monoisotopic (exact) mass is 292 g/mol. The summed E-state index contributed by atoms with van der Waals surface area (Å²) in [6.07, 6.45) is 3.04. The number of likely N-dealkylation sites (N-methyl/N-ethyl adjacent to an activating group) is 1. The number of rotatable bonds is 4. The Morgan fingerprint density at radius 2 is 2.05 bits per heavy atom. The summed E-state index contributed by atoms with van der Waals surface area (Å²) < 4.78 is 0. The number of ketones is 1. The first-order chi connectivity index (χ1) is 9.91. The second kappa shape index (κ2) is 6.22. The van der Waals surface area contributed by atoms with E-state index in [9.17, 15) is 20.0 Å². The number of nitro benzene ring substituents is 1. The Kier molecular flexibility index (Phi) is 4.57. The molecule has 21 heavy (non-hydrogen) atoms. The van der Waals surface area contributed by atoms with Crippen LogP contribution in [-0.2, 0) is 0 Å². The minimum Gasteiger partial charge on any atom is -0.391 e. The van der Waals surface area contributed by atoms with Gasteiger partial charge in [0.25, 0.3) is 5.69 Å². The largest absolute Gasteiger partial charge is 0.391 e. The smallest absolute Gasteiger partial charge is 0.293 e. The van der Waals surface area contributed by atoms with Gasteiger partial charge in [-0.15, -0.1) is 0 Å². The maximum atomic E-state index is 11.4. The first-order valence-corrected chi connectivity index (χ1v) is 7.12. The number of nitro groups is 1. The first kappa shape index (κ1) is 15.4. The average molecular weight is 292 g/mol. The molecule has 1 fully saturated rings. The van der Waals surface area contributed by atoms with Gasteiger partial charge < -0.3 is 10.0 Å². The van der Waals surface area contributed by atoms with Crippen molar-refractivity contribution < 1.29 is 14.8 Å². The molecule has 2 unspecified atom stereocenters. The summed E-state index contributed by atoms with van der Waals surface area (Å²) >= 11 is 0. The predicted octanol–water partition coefficient (Wildman–Crippen LogP) is 2.54. The molecule has 0 heterocycles. The number of Topliss-reactive ketones (excluding diaryl/α,β-unsaturated/α-hetero) is 1. The standard InChI is InChI=1S/C15H20N2O4/c1-10(18)11-7-8-12(14(9-11)17(20)21)16(2)13-5-3-4-6-15(13)19/h7-9,13,15,19H,3-6H2,1-2H3. The number of hydrogen-bond acceptors (Lipinski definition) is 5. The van der Waals surface area contributed by atoms with Crippen LogP contribution in [0, 0.1) is 10.1 Å². The van der Waals surface area contributed by atoms with Crippen LogP contribution in [0.25, 0.3) is 0 Å². The molecule has 2 atom stereocenters. The zero-order valence-corrected chi connectivity index (χ0v) is 12.3. The molecule has 1 aromatic rings. The van der Waals surface area contributed by atoms with E-state index in [2.05, 4.69) is 0 Å². The number of nitrogens with zero attached hydrogens (tertiary/aromatic N) is 2. The van der Waals surface area contributed by atoms with E-state index in [0.29, 0.717) is 17.7 Å². The second-order valence-electron chi connectivity index (χ2n) is 5.55. The Morgan fingerprint density at radius 3 is 2.62 bits per heavy atom. The molecule has 0 amide bonds. The van der Waals surface area contributed by atoms with Gasteiger partial charge in [0, 0.05) is 18.7 Å². The van der Waals surface area contributed by atoms with Crippen LogP contribution in [0.15, 0.2) is 18.2 Å². The van der Waals surface area contributed by atoms with Crippen molar-refractivity contribution in [3.8, 4) is 0 Å². The quantitative estimate of drug-likeness (QED) is 0.524. The highest BCUT2D eigenvalue weighted by atomic mass is 16.6. The minimum absolute atomic E-state index is 0.0945. The Labute approximate surface area is 123 Å². The lowest BCUT2D eigenvalue weighted by atomic mass is 9.91. The number of carbonyl (C=O) groups is 1. The average Bonchev–Trinajstić information content (AvgIpc) is 2.46. The van der Waals surface area contributed by atoms with Crippen LogP contribution in [0.5, 0.6) is 0 Å². The highest BCUT2D eigenvalue weighted by Gasteiger charge is 2.30. The van der Waals surface area contributed by atoms with E-state index in [-0.39, 0.29) is 17.5 Å². The van der Waals surface area contributed by atoms with Gasteiger partial charge in [0.1, 0.15) is 5.69 Å². The molecule has 0 aromatic heterocycles. The summed E-state index contributed by atoms with van der Waals surface area (Å²) in [5.74, 6) is -0.204. The Morgan fingerprint density at radius 1 is 1.38 bits per heavy atom. The number of carbonyl (C=O) groups excluding carboxylic acids is 1. The number of aliphatic hydroxyl groups is 1. The molecule has 1 aliphatic carbocycles. The molecule has 2 rings (SSSR count). The molecule has 6 heteroatoms. The molecule has 0 spiro atoms. The van der Waals surface area contributed by atoms with Crippen LogP contribution in [0.1, 0.15) is 43.0 Å². The Balaban J connectivity index is 2.37. The molecular formula is C15H20N2O4. The normalized spacial score (nSPS) is 21.9. The van der Waals surface area contributed by atoms with Gasteiger partial charge in [-0.3, -0.25) is 14.9 Å². The van der Waals surface area contributed by atoms with E-state index in [1.165, 1.54) is 13.0 Å². The lowest BCUT2D eigenvalue weighted by Gasteiger charge is -2.36. The number of aliphatic hydroxyl groups excluding tert-OH is 1. The van der Waals surface area contributed by atoms with E-state index >= 15 is 0 Å². The number of anilines is 1. The van der Waals surface area contributed by atoms with Crippen LogP contribution < -0.4 is 4.90 Å². The molecule has 0 radical (unpaired) electrons. The fraction of sp³-hybridized carbons (Fsp3) is 0.533. The van der Waals surface area contributed by atoms with Crippen molar-refractivity contribution in [3.05, 3.63) is 33.9 Å². The Bertz CT molecular complexity index is 559. The summed E-state index contributed by atoms with van der Waals surface area (Å²) in [5.41, 5.74) is 0.668. The van der Waals surface area contributed by atoms with Gasteiger partial charge in [-0.2, -0.15) is 0 Å². The van der Waals surface area contributed by atoms with E-state index < -0.39 is 11.0 Å². The van der Waals surface area contributed by atoms with Crippen LogP contribution in [0.2, 0.25) is 0 Å². The van der Waals surface area contributed by atoms with E-state index in [1.807, 2.05) is 0 Å². The second-order valence-corrected chi connectivity index (χ2v) is 5.55. The zero-order valence-electron chi connectivity index (χ0n) is 12.3. The molecule has 1 saturated carbocycles. The van der Waals surface area contributed by atoms with Crippen molar-refractivity contribution in [2.24, 2.45) is 0 Å². The van der Waals surface area contributed by atoms with E-state index in [0.717, 1.165) is 19.3 Å². The van der Waals surface area contributed by atoms with Gasteiger partial charge in [-0.25, -0.2) is 0 Å². The molecular weight excluding hydrogens is 272 g/mol. The third kappa shape index (κ3) is 3.21. The van der Waals surface area contributed by atoms with Crippen molar-refractivity contribution in [3.63, 3.8) is 0 Å². The highest BCUT2D eigenvalue weighted by Crippen LogP contribution is 2.33. The number of benzene rings is 1. The van der Waals surface area contributed by atoms with Crippen LogP contribution >= 0.6 is 0 Å². The highest BCUT2D eigenvalue weighted by molar-refractivity contribution is 5.95. The maximum Gasteiger partial charge on any atom is 0.293 e. The summed E-state index contributed by atoms with van der Waals surface area (Å²) in [6, 6.07) is 4.37. The first-order valence-electron chi connectivity index (χ1n) is 7.12. The Hall–Kier alpha value is -1.95. The summed E-state index contributed by atoms with van der Waals surface area (Å²) in [5, 5.41) is 21.4. The van der Waals surface area contributed by atoms with Crippen LogP contribution in [0.3, 0.4) is 0 Å². The minimum atomic E-state index is -0.479. The van der Waals surface area contributed by atoms with E-state index in [4.69, 9.17) is 0 Å². The van der Waals surface area contributed by atoms with Crippen LogP contribution in [0.4, 0.5) is 11.4 Å². The third-order valence-corrected chi connectivity index (χ3v) is 4.15. The van der Waals surface area contributed by atoms with Crippen molar-refractivity contribution in [2.45, 2.75) is 44.8 Å². The summed E-state index contributed by atoms with van der Waals surface area (Å²) in [7, 11) is 1.76. The van der Waals surface area contributed by atoms with Crippen molar-refractivity contribution in [1.29, 1.82) is 0 Å². The SMILES string of the molecule is CC(=O)c1ccc(N(C)C2CCCCC2O)c([N+](=O)[O-])c1. The van der Waals surface area contributed by atoms with E-state index in [1.54, 1.807) is 24.1 Å². The molecule has 114 valence electrons. The van der Waals surface area contributed by atoms with Crippen LogP contribution in [-0.4, -0.2) is 35.0 Å². The summed E-state index contributed by atoms with van der Waals surface area (Å²) in [4.78, 5) is 23.9. The molecule has 1 aromatic carbocycles. The van der Waals surface area contributed by atoms with Crippen molar-refractivity contribution >= 4 is 17.2 Å². The predicted molar refractivity (Wildman–Crippen MR) is 79.8 cm³/mol. The molecule has 6 nitrogen and oxygen atoms in total. The van der Waals surface area contributed by atoms with Gasteiger partial charge in [0.05, 0.1) is 17.1 Å². The summed E-state index contributed by atoms with van der Waals surface area (Å²) in [6.45, 7) is 1.38.